The summed E-state index contributed by atoms with van der Waals surface area (Å²) in [6.07, 6.45) is -1.58. The molecular formula is C12H18N2O4S. The molecular weight excluding hydrogens is 268 g/mol. The van der Waals surface area contributed by atoms with Gasteiger partial charge in [0.15, 0.2) is 5.17 Å². The molecule has 0 aliphatic carbocycles. The second kappa shape index (κ2) is 5.06. The SMILES string of the molecule is C=C[C@H](O)[C@H]1O[C@@H]2SC(N3CCC3)=N[C@@H]2[C@@H](O)[C@@H]1O. The Bertz CT molecular complexity index is 401. The van der Waals surface area contributed by atoms with Gasteiger partial charge in [-0.25, -0.2) is 0 Å². The first-order chi connectivity index (χ1) is 9.11. The van der Waals surface area contributed by atoms with Crippen molar-refractivity contribution in [3.05, 3.63) is 12.7 Å². The number of thioether (sulfide) groups is 1. The van der Waals surface area contributed by atoms with Crippen molar-refractivity contribution in [2.45, 2.75) is 42.3 Å². The zero-order valence-corrected chi connectivity index (χ0v) is 11.2. The Morgan fingerprint density at radius 1 is 1.42 bits per heavy atom. The maximum absolute atomic E-state index is 10.1. The fourth-order valence-corrected chi connectivity index (χ4v) is 3.72. The van der Waals surface area contributed by atoms with E-state index in [1.807, 2.05) is 0 Å². The smallest absolute Gasteiger partial charge is 0.162 e. The predicted octanol–water partition coefficient (Wildman–Crippen LogP) is -0.843. The third kappa shape index (κ3) is 2.19. The molecule has 0 saturated carbocycles. The van der Waals surface area contributed by atoms with Crippen LogP contribution in [0.15, 0.2) is 17.6 Å². The first-order valence-electron chi connectivity index (χ1n) is 6.43. The number of aliphatic hydroxyl groups excluding tert-OH is 3. The number of nitrogens with zero attached hydrogens (tertiary/aromatic N) is 2. The molecule has 3 rings (SSSR count). The van der Waals surface area contributed by atoms with E-state index in [0.717, 1.165) is 24.7 Å². The molecule has 3 aliphatic rings. The summed E-state index contributed by atoms with van der Waals surface area (Å²) in [5.74, 6) is 0. The van der Waals surface area contributed by atoms with Gasteiger partial charge >= 0.3 is 0 Å². The second-order valence-electron chi connectivity index (χ2n) is 5.04. The average Bonchev–Trinajstić information content (AvgIpc) is 2.74. The molecule has 6 nitrogen and oxygen atoms in total. The Hall–Kier alpha value is -0.600. The van der Waals surface area contributed by atoms with E-state index in [1.165, 1.54) is 17.8 Å². The fraction of sp³-hybridized carbons (Fsp3) is 0.750. The molecule has 7 heteroatoms. The molecule has 3 aliphatic heterocycles. The summed E-state index contributed by atoms with van der Waals surface area (Å²) in [7, 11) is 0. The normalized spacial score (nSPS) is 43.2. The Morgan fingerprint density at radius 3 is 2.74 bits per heavy atom. The van der Waals surface area contributed by atoms with Crippen molar-refractivity contribution in [1.29, 1.82) is 0 Å². The number of aliphatic hydroxyl groups is 3. The van der Waals surface area contributed by atoms with Crippen LogP contribution >= 0.6 is 11.8 Å². The zero-order chi connectivity index (χ0) is 13.6. The van der Waals surface area contributed by atoms with Crippen LogP contribution in [0.1, 0.15) is 6.42 Å². The lowest BCUT2D eigenvalue weighted by Crippen LogP contribution is -2.57. The van der Waals surface area contributed by atoms with Crippen LogP contribution in [0.5, 0.6) is 0 Å². The zero-order valence-electron chi connectivity index (χ0n) is 10.4. The number of rotatable bonds is 2. The quantitative estimate of drug-likeness (QED) is 0.574. The highest BCUT2D eigenvalue weighted by Gasteiger charge is 2.50. The van der Waals surface area contributed by atoms with Crippen molar-refractivity contribution < 1.29 is 20.1 Å². The molecule has 0 spiro atoms. The number of likely N-dealkylation sites (tertiary alicyclic amines) is 1. The Labute approximate surface area is 115 Å². The van der Waals surface area contributed by atoms with Crippen molar-refractivity contribution in [1.82, 2.24) is 4.90 Å². The van der Waals surface area contributed by atoms with E-state index >= 15 is 0 Å². The molecule has 2 fully saturated rings. The van der Waals surface area contributed by atoms with E-state index in [2.05, 4.69) is 16.5 Å². The second-order valence-corrected chi connectivity index (χ2v) is 6.10. The van der Waals surface area contributed by atoms with Crippen molar-refractivity contribution >= 4 is 16.9 Å². The van der Waals surface area contributed by atoms with E-state index < -0.39 is 30.5 Å². The Kier molecular flexibility index (Phi) is 3.57. The van der Waals surface area contributed by atoms with Gasteiger partial charge in [0.05, 0.1) is 0 Å². The first-order valence-corrected chi connectivity index (χ1v) is 7.31. The number of hydrogen-bond acceptors (Lipinski definition) is 7. The van der Waals surface area contributed by atoms with Gasteiger partial charge in [-0.05, 0) is 6.42 Å². The molecule has 0 amide bonds. The van der Waals surface area contributed by atoms with Crippen LogP contribution in [-0.4, -0.2) is 74.4 Å². The van der Waals surface area contributed by atoms with Crippen LogP contribution in [0.3, 0.4) is 0 Å². The third-order valence-electron chi connectivity index (χ3n) is 3.79. The summed E-state index contributed by atoms with van der Waals surface area (Å²) in [5, 5.41) is 30.8. The number of ether oxygens (including phenoxy) is 1. The van der Waals surface area contributed by atoms with Crippen molar-refractivity contribution in [3.63, 3.8) is 0 Å². The molecule has 19 heavy (non-hydrogen) atoms. The van der Waals surface area contributed by atoms with E-state index in [0.29, 0.717) is 0 Å². The highest BCUT2D eigenvalue weighted by molar-refractivity contribution is 8.14. The molecule has 0 bridgehead atoms. The summed E-state index contributed by atoms with van der Waals surface area (Å²) < 4.78 is 5.69. The molecule has 0 aromatic heterocycles. The van der Waals surface area contributed by atoms with Crippen LogP contribution in [0.2, 0.25) is 0 Å². The predicted molar refractivity (Wildman–Crippen MR) is 71.9 cm³/mol. The minimum atomic E-state index is -1.16. The topological polar surface area (TPSA) is 85.5 Å². The van der Waals surface area contributed by atoms with E-state index in [-0.39, 0.29) is 5.44 Å². The number of fused-ring (bicyclic) bond motifs is 1. The van der Waals surface area contributed by atoms with Gasteiger partial charge in [0.1, 0.15) is 35.9 Å². The molecule has 106 valence electrons. The molecule has 3 N–H and O–H groups in total. The lowest BCUT2D eigenvalue weighted by atomic mass is 9.95. The molecule has 0 radical (unpaired) electrons. The van der Waals surface area contributed by atoms with Gasteiger partial charge < -0.3 is 25.0 Å². The van der Waals surface area contributed by atoms with Crippen LogP contribution < -0.4 is 0 Å². The van der Waals surface area contributed by atoms with Crippen molar-refractivity contribution in [3.8, 4) is 0 Å². The summed E-state index contributed by atoms with van der Waals surface area (Å²) in [6.45, 7) is 5.43. The van der Waals surface area contributed by atoms with E-state index in [9.17, 15) is 15.3 Å². The van der Waals surface area contributed by atoms with Crippen LogP contribution in [-0.2, 0) is 4.74 Å². The van der Waals surface area contributed by atoms with E-state index in [1.54, 1.807) is 0 Å². The summed E-state index contributed by atoms with van der Waals surface area (Å²) in [6, 6.07) is -0.469. The minimum Gasteiger partial charge on any atom is -0.388 e. The van der Waals surface area contributed by atoms with Crippen LogP contribution in [0.25, 0.3) is 0 Å². The number of hydrogen-bond donors (Lipinski definition) is 3. The molecule has 0 aromatic carbocycles. The van der Waals surface area contributed by atoms with Gasteiger partial charge in [0.2, 0.25) is 0 Å². The molecule has 0 aromatic rings. The highest BCUT2D eigenvalue weighted by Crippen LogP contribution is 2.39. The van der Waals surface area contributed by atoms with Gasteiger partial charge in [-0.15, -0.1) is 6.58 Å². The largest absolute Gasteiger partial charge is 0.388 e. The Morgan fingerprint density at radius 2 is 2.16 bits per heavy atom. The molecule has 6 atom stereocenters. The van der Waals surface area contributed by atoms with Gasteiger partial charge in [-0.1, -0.05) is 17.8 Å². The lowest BCUT2D eigenvalue weighted by Gasteiger charge is -2.39. The summed E-state index contributed by atoms with van der Waals surface area (Å²) in [4.78, 5) is 6.58. The van der Waals surface area contributed by atoms with Gasteiger partial charge in [0, 0.05) is 13.1 Å². The third-order valence-corrected chi connectivity index (χ3v) is 4.99. The maximum atomic E-state index is 10.1. The van der Waals surface area contributed by atoms with Crippen molar-refractivity contribution in [2.24, 2.45) is 4.99 Å². The summed E-state index contributed by atoms with van der Waals surface area (Å²) in [5.41, 5.74) is -0.353. The standard InChI is InChI=1S/C12H18N2O4S/c1-2-6(15)10-9(17)8(16)7-11(18-10)19-12(13-7)14-4-3-5-14/h2,6-11,15-17H,1,3-5H2/t6-,7+,8+,9-,10+,11+/m0/s1. The molecule has 0 unspecified atom stereocenters. The van der Waals surface area contributed by atoms with Gasteiger partial charge in [-0.2, -0.15) is 0 Å². The maximum Gasteiger partial charge on any atom is 0.162 e. The number of aliphatic imine (C=N–C) groups is 1. The first kappa shape index (κ1) is 13.4. The Balaban J connectivity index is 1.75. The van der Waals surface area contributed by atoms with Crippen molar-refractivity contribution in [2.75, 3.05) is 13.1 Å². The molecule has 3 heterocycles. The monoisotopic (exact) mass is 286 g/mol. The van der Waals surface area contributed by atoms with Gasteiger partial charge in [-0.3, -0.25) is 4.99 Å². The minimum absolute atomic E-state index is 0.353. The van der Waals surface area contributed by atoms with Crippen LogP contribution in [0.4, 0.5) is 0 Å². The average molecular weight is 286 g/mol. The molecule has 2 saturated heterocycles. The van der Waals surface area contributed by atoms with Crippen LogP contribution in [0, 0.1) is 0 Å². The van der Waals surface area contributed by atoms with Gasteiger partial charge in [0.25, 0.3) is 0 Å². The lowest BCUT2D eigenvalue weighted by molar-refractivity contribution is -0.176. The summed E-state index contributed by atoms with van der Waals surface area (Å²) >= 11 is 1.45. The highest BCUT2D eigenvalue weighted by atomic mass is 32.2. The number of amidine groups is 1. The fourth-order valence-electron chi connectivity index (χ4n) is 2.45. The van der Waals surface area contributed by atoms with E-state index in [4.69, 9.17) is 4.74 Å².